The maximum absolute atomic E-state index is 11.4. The number of carboxylic acids is 1. The van der Waals surface area contributed by atoms with Crippen LogP contribution < -0.4 is 4.90 Å². The van der Waals surface area contributed by atoms with E-state index in [2.05, 4.69) is 66.3 Å². The lowest BCUT2D eigenvalue weighted by molar-refractivity contribution is 0.0695. The summed E-state index contributed by atoms with van der Waals surface area (Å²) < 4.78 is 0. The van der Waals surface area contributed by atoms with Crippen LogP contribution >= 0.6 is 0 Å². The van der Waals surface area contributed by atoms with E-state index in [1.807, 2.05) is 0 Å². The van der Waals surface area contributed by atoms with Gasteiger partial charge in [0.2, 0.25) is 0 Å². The summed E-state index contributed by atoms with van der Waals surface area (Å²) in [6, 6.07) is 17.1. The summed E-state index contributed by atoms with van der Waals surface area (Å²) in [5.41, 5.74) is 7.77. The highest BCUT2D eigenvalue weighted by atomic mass is 16.4. The number of aromatic carboxylic acids is 1. The van der Waals surface area contributed by atoms with Crippen LogP contribution in [0.1, 0.15) is 58.3 Å². The maximum Gasteiger partial charge on any atom is 0.336 e. The van der Waals surface area contributed by atoms with Gasteiger partial charge in [-0.05, 0) is 90.6 Å². The second-order valence-corrected chi connectivity index (χ2v) is 8.07. The number of rotatable bonds is 7. The molecule has 2 aromatic carbocycles. The number of fused-ring (bicyclic) bond motifs is 1. The van der Waals surface area contributed by atoms with Crippen molar-refractivity contribution in [1.82, 2.24) is 4.98 Å². The summed E-state index contributed by atoms with van der Waals surface area (Å²) in [5, 5.41) is 9.39. The Hall–Kier alpha value is -3.14. The van der Waals surface area contributed by atoms with Crippen LogP contribution in [0.15, 0.2) is 60.9 Å². The van der Waals surface area contributed by atoms with Gasteiger partial charge in [0.25, 0.3) is 0 Å². The number of carbonyl (C=O) groups is 1. The molecule has 3 aromatic rings. The predicted octanol–water partition coefficient (Wildman–Crippen LogP) is 5.77. The first-order chi connectivity index (χ1) is 14.6. The minimum atomic E-state index is -0.876. The van der Waals surface area contributed by atoms with E-state index < -0.39 is 5.97 Å². The van der Waals surface area contributed by atoms with Gasteiger partial charge in [-0.1, -0.05) is 25.1 Å². The minimum absolute atomic E-state index is 0.370. The van der Waals surface area contributed by atoms with Gasteiger partial charge in [0.15, 0.2) is 0 Å². The SMILES string of the molecule is CCc1ccc(N(C)c2ccc3c(c2)CC[C@H]3CCc2cnccc2C(=O)O)cc1. The van der Waals surface area contributed by atoms with Crippen molar-refractivity contribution < 1.29 is 9.90 Å². The molecule has 0 aliphatic heterocycles. The molecule has 4 nitrogen and oxygen atoms in total. The molecule has 0 radical (unpaired) electrons. The largest absolute Gasteiger partial charge is 0.478 e. The lowest BCUT2D eigenvalue weighted by Crippen LogP contribution is -2.10. The first kappa shape index (κ1) is 20.1. The van der Waals surface area contributed by atoms with Crippen molar-refractivity contribution in [2.45, 2.75) is 44.9 Å². The predicted molar refractivity (Wildman–Crippen MR) is 121 cm³/mol. The zero-order chi connectivity index (χ0) is 21.1. The van der Waals surface area contributed by atoms with Crippen LogP contribution in [0.3, 0.4) is 0 Å². The standard InChI is InChI=1S/C26H28N2O2/c1-3-18-4-10-22(11-5-18)28(2)23-12-13-24-19(6-8-20(24)16-23)7-9-21-17-27-15-14-25(21)26(29)30/h4-5,10-17,19H,3,6-9H2,1-2H3,(H,29,30)/t19-/m0/s1. The molecule has 1 heterocycles. The Kier molecular flexibility index (Phi) is 5.84. The molecular formula is C26H28N2O2. The molecule has 1 atom stereocenters. The number of hydrogen-bond donors (Lipinski definition) is 1. The molecule has 1 aliphatic carbocycles. The summed E-state index contributed by atoms with van der Waals surface area (Å²) in [4.78, 5) is 17.8. The van der Waals surface area contributed by atoms with Crippen molar-refractivity contribution in [1.29, 1.82) is 0 Å². The summed E-state index contributed by atoms with van der Waals surface area (Å²) >= 11 is 0. The topological polar surface area (TPSA) is 53.4 Å². The van der Waals surface area contributed by atoms with Gasteiger partial charge in [0, 0.05) is 30.8 Å². The van der Waals surface area contributed by atoms with Crippen molar-refractivity contribution in [3.8, 4) is 0 Å². The molecule has 0 unspecified atom stereocenters. The number of hydrogen-bond acceptors (Lipinski definition) is 3. The van der Waals surface area contributed by atoms with Crippen LogP contribution in [0.5, 0.6) is 0 Å². The molecule has 0 fully saturated rings. The third kappa shape index (κ3) is 4.09. The van der Waals surface area contributed by atoms with E-state index in [1.54, 1.807) is 18.5 Å². The fraction of sp³-hybridized carbons (Fsp3) is 0.308. The van der Waals surface area contributed by atoms with Crippen molar-refractivity contribution in [3.63, 3.8) is 0 Å². The van der Waals surface area contributed by atoms with Crippen LogP contribution in [-0.4, -0.2) is 23.1 Å². The zero-order valence-corrected chi connectivity index (χ0v) is 17.6. The Morgan fingerprint density at radius 1 is 1.13 bits per heavy atom. The van der Waals surface area contributed by atoms with Gasteiger partial charge in [-0.2, -0.15) is 0 Å². The number of aromatic nitrogens is 1. The number of aryl methyl sites for hydroxylation is 3. The molecule has 1 aliphatic rings. The molecule has 0 saturated carbocycles. The van der Waals surface area contributed by atoms with Gasteiger partial charge < -0.3 is 10.0 Å². The van der Waals surface area contributed by atoms with Crippen molar-refractivity contribution in [3.05, 3.63) is 88.7 Å². The number of carboxylic acid groups (broad SMARTS) is 1. The van der Waals surface area contributed by atoms with Gasteiger partial charge in [-0.25, -0.2) is 4.79 Å². The third-order valence-electron chi connectivity index (χ3n) is 6.34. The Balaban J connectivity index is 1.48. The van der Waals surface area contributed by atoms with E-state index in [0.29, 0.717) is 11.5 Å². The average molecular weight is 401 g/mol. The van der Waals surface area contributed by atoms with Gasteiger partial charge in [-0.15, -0.1) is 0 Å². The fourth-order valence-electron chi connectivity index (χ4n) is 4.47. The van der Waals surface area contributed by atoms with Gasteiger partial charge in [-0.3, -0.25) is 4.98 Å². The Morgan fingerprint density at radius 3 is 2.63 bits per heavy atom. The van der Waals surface area contributed by atoms with Crippen LogP contribution in [0.25, 0.3) is 0 Å². The molecule has 1 aromatic heterocycles. The number of anilines is 2. The highest BCUT2D eigenvalue weighted by Crippen LogP contribution is 2.39. The maximum atomic E-state index is 11.4. The van der Waals surface area contributed by atoms with Crippen molar-refractivity contribution in [2.24, 2.45) is 0 Å². The molecule has 1 N–H and O–H groups in total. The Labute approximate surface area is 178 Å². The first-order valence-corrected chi connectivity index (χ1v) is 10.7. The monoisotopic (exact) mass is 400 g/mol. The van der Waals surface area contributed by atoms with Crippen LogP contribution in [0.2, 0.25) is 0 Å². The summed E-state index contributed by atoms with van der Waals surface area (Å²) in [6.45, 7) is 2.17. The van der Waals surface area contributed by atoms with E-state index in [4.69, 9.17) is 0 Å². The molecular weight excluding hydrogens is 372 g/mol. The summed E-state index contributed by atoms with van der Waals surface area (Å²) in [5.74, 6) is -0.399. The average Bonchev–Trinajstić information content (AvgIpc) is 3.19. The quantitative estimate of drug-likeness (QED) is 0.547. The Morgan fingerprint density at radius 2 is 1.90 bits per heavy atom. The third-order valence-corrected chi connectivity index (χ3v) is 6.34. The van der Waals surface area contributed by atoms with E-state index in [9.17, 15) is 9.90 Å². The van der Waals surface area contributed by atoms with Crippen LogP contribution in [0.4, 0.5) is 11.4 Å². The number of nitrogens with zero attached hydrogens (tertiary/aromatic N) is 2. The van der Waals surface area contributed by atoms with Gasteiger partial charge in [0.1, 0.15) is 0 Å². The van der Waals surface area contributed by atoms with Crippen molar-refractivity contribution >= 4 is 17.3 Å². The number of benzene rings is 2. The molecule has 0 saturated heterocycles. The fourth-order valence-corrected chi connectivity index (χ4v) is 4.47. The van der Waals surface area contributed by atoms with Crippen LogP contribution in [-0.2, 0) is 19.3 Å². The van der Waals surface area contributed by atoms with Gasteiger partial charge in [0.05, 0.1) is 5.56 Å². The Bertz CT molecular complexity index is 1040. The van der Waals surface area contributed by atoms with E-state index in [0.717, 1.165) is 37.7 Å². The lowest BCUT2D eigenvalue weighted by Gasteiger charge is -2.21. The second kappa shape index (κ2) is 8.70. The van der Waals surface area contributed by atoms with E-state index in [-0.39, 0.29) is 0 Å². The normalized spacial score (nSPS) is 15.1. The molecule has 30 heavy (non-hydrogen) atoms. The van der Waals surface area contributed by atoms with Crippen LogP contribution in [0, 0.1) is 0 Å². The molecule has 0 bridgehead atoms. The number of pyridine rings is 1. The highest BCUT2D eigenvalue weighted by molar-refractivity contribution is 5.89. The molecule has 154 valence electrons. The van der Waals surface area contributed by atoms with E-state index >= 15 is 0 Å². The van der Waals surface area contributed by atoms with E-state index in [1.165, 1.54) is 28.1 Å². The molecule has 0 amide bonds. The summed E-state index contributed by atoms with van der Waals surface area (Å²) in [6.07, 6.45) is 8.19. The molecule has 4 heteroatoms. The van der Waals surface area contributed by atoms with Gasteiger partial charge >= 0.3 is 5.97 Å². The second-order valence-electron chi connectivity index (χ2n) is 8.07. The molecule has 4 rings (SSSR count). The first-order valence-electron chi connectivity index (χ1n) is 10.7. The molecule has 0 spiro atoms. The highest BCUT2D eigenvalue weighted by Gasteiger charge is 2.24. The minimum Gasteiger partial charge on any atom is -0.478 e. The zero-order valence-electron chi connectivity index (χ0n) is 17.6. The smallest absolute Gasteiger partial charge is 0.336 e. The van der Waals surface area contributed by atoms with Crippen molar-refractivity contribution in [2.75, 3.05) is 11.9 Å². The summed E-state index contributed by atoms with van der Waals surface area (Å²) in [7, 11) is 2.12. The lowest BCUT2D eigenvalue weighted by atomic mass is 9.93.